The monoisotopic (exact) mass is 268 g/mol. The maximum absolute atomic E-state index is 10.9. The summed E-state index contributed by atoms with van der Waals surface area (Å²) in [6.07, 6.45) is 1.09. The van der Waals surface area contributed by atoms with Crippen molar-refractivity contribution in [2.45, 2.75) is 26.3 Å². The van der Waals surface area contributed by atoms with E-state index in [2.05, 4.69) is 28.9 Å². The van der Waals surface area contributed by atoms with Crippen molar-refractivity contribution in [3.63, 3.8) is 0 Å². The molecule has 2 N–H and O–H groups in total. The van der Waals surface area contributed by atoms with Crippen LogP contribution in [0.2, 0.25) is 0 Å². The fourth-order valence-electron chi connectivity index (χ4n) is 1.46. The van der Waals surface area contributed by atoms with Crippen molar-refractivity contribution in [1.82, 2.24) is 10.2 Å². The first-order valence-electron chi connectivity index (χ1n) is 6.00. The van der Waals surface area contributed by atoms with Gasteiger partial charge in [0.25, 0.3) is 5.91 Å². The first-order valence-corrected chi connectivity index (χ1v) is 7.15. The SMILES string of the molecule is CCSCC[C@H](C)N(C)c1ccc(C(N)=O)nn1. The van der Waals surface area contributed by atoms with Gasteiger partial charge in [-0.1, -0.05) is 6.92 Å². The number of hydrogen-bond acceptors (Lipinski definition) is 5. The van der Waals surface area contributed by atoms with Crippen LogP contribution in [0.1, 0.15) is 30.8 Å². The molecule has 0 aliphatic carbocycles. The molecule has 0 saturated heterocycles. The molecule has 0 spiro atoms. The van der Waals surface area contributed by atoms with Crippen LogP contribution in [0.25, 0.3) is 0 Å². The van der Waals surface area contributed by atoms with Crippen LogP contribution >= 0.6 is 11.8 Å². The van der Waals surface area contributed by atoms with Crippen LogP contribution in [0.5, 0.6) is 0 Å². The predicted molar refractivity (Wildman–Crippen MR) is 76.0 cm³/mol. The van der Waals surface area contributed by atoms with Gasteiger partial charge in [-0.15, -0.1) is 10.2 Å². The predicted octanol–water partition coefficient (Wildman–Crippen LogP) is 1.54. The zero-order chi connectivity index (χ0) is 13.5. The van der Waals surface area contributed by atoms with Gasteiger partial charge in [0.15, 0.2) is 11.5 Å². The average molecular weight is 268 g/mol. The summed E-state index contributed by atoms with van der Waals surface area (Å²) in [7, 11) is 1.98. The highest BCUT2D eigenvalue weighted by atomic mass is 32.2. The van der Waals surface area contributed by atoms with Gasteiger partial charge in [-0.25, -0.2) is 0 Å². The number of carbonyl (C=O) groups is 1. The molecule has 1 heterocycles. The van der Waals surface area contributed by atoms with E-state index < -0.39 is 5.91 Å². The molecule has 1 rings (SSSR count). The topological polar surface area (TPSA) is 72.1 Å². The molecule has 1 amide bonds. The summed E-state index contributed by atoms with van der Waals surface area (Å²) in [6.45, 7) is 4.31. The molecule has 0 unspecified atom stereocenters. The van der Waals surface area contributed by atoms with Crippen LogP contribution in [0, 0.1) is 0 Å². The van der Waals surface area contributed by atoms with Crippen molar-refractivity contribution >= 4 is 23.5 Å². The second kappa shape index (κ2) is 7.20. The van der Waals surface area contributed by atoms with E-state index in [-0.39, 0.29) is 5.69 Å². The number of hydrogen-bond donors (Lipinski definition) is 1. The number of primary amides is 1. The number of anilines is 1. The molecule has 0 saturated carbocycles. The Hall–Kier alpha value is -1.30. The van der Waals surface area contributed by atoms with Gasteiger partial charge in [-0.05, 0) is 37.0 Å². The van der Waals surface area contributed by atoms with Crippen LogP contribution in [0.4, 0.5) is 5.82 Å². The third-order valence-corrected chi connectivity index (χ3v) is 3.74. The Labute approximate surface area is 112 Å². The molecule has 18 heavy (non-hydrogen) atoms. The fourth-order valence-corrected chi connectivity index (χ4v) is 2.26. The number of thioether (sulfide) groups is 1. The second-order valence-corrected chi connectivity index (χ2v) is 5.48. The second-order valence-electron chi connectivity index (χ2n) is 4.09. The van der Waals surface area contributed by atoms with Crippen molar-refractivity contribution in [2.75, 3.05) is 23.5 Å². The Kier molecular flexibility index (Phi) is 5.91. The summed E-state index contributed by atoms with van der Waals surface area (Å²) in [6, 6.07) is 3.77. The third-order valence-electron chi connectivity index (χ3n) is 2.81. The van der Waals surface area contributed by atoms with E-state index in [4.69, 9.17) is 5.73 Å². The molecule has 0 aliphatic rings. The molecule has 0 radical (unpaired) electrons. The highest BCUT2D eigenvalue weighted by molar-refractivity contribution is 7.99. The normalized spacial score (nSPS) is 12.2. The van der Waals surface area contributed by atoms with E-state index in [1.807, 2.05) is 18.8 Å². The molecule has 0 aromatic carbocycles. The molecule has 0 aliphatic heterocycles. The maximum atomic E-state index is 10.9. The fraction of sp³-hybridized carbons (Fsp3) is 0.583. The molecule has 1 atom stereocenters. The third kappa shape index (κ3) is 4.18. The summed E-state index contributed by atoms with van der Waals surface area (Å²) < 4.78 is 0. The van der Waals surface area contributed by atoms with E-state index in [9.17, 15) is 4.79 Å². The lowest BCUT2D eigenvalue weighted by atomic mass is 10.2. The van der Waals surface area contributed by atoms with Crippen molar-refractivity contribution in [1.29, 1.82) is 0 Å². The number of nitrogens with zero attached hydrogens (tertiary/aromatic N) is 3. The highest BCUT2D eigenvalue weighted by Gasteiger charge is 2.12. The van der Waals surface area contributed by atoms with Crippen molar-refractivity contribution in [3.8, 4) is 0 Å². The lowest BCUT2D eigenvalue weighted by Gasteiger charge is -2.25. The Morgan fingerprint density at radius 1 is 1.50 bits per heavy atom. The summed E-state index contributed by atoms with van der Waals surface area (Å²) in [5.74, 6) is 2.48. The van der Waals surface area contributed by atoms with E-state index in [1.165, 1.54) is 0 Å². The summed E-state index contributed by atoms with van der Waals surface area (Å²) in [5, 5.41) is 7.82. The molecular formula is C12H20N4OS. The van der Waals surface area contributed by atoms with E-state index in [1.54, 1.807) is 12.1 Å². The largest absolute Gasteiger partial charge is 0.364 e. The molecular weight excluding hydrogens is 248 g/mol. The summed E-state index contributed by atoms with van der Waals surface area (Å²) in [5.41, 5.74) is 5.32. The highest BCUT2D eigenvalue weighted by Crippen LogP contribution is 2.14. The molecule has 5 nitrogen and oxygen atoms in total. The van der Waals surface area contributed by atoms with Crippen LogP contribution in [0.3, 0.4) is 0 Å². The van der Waals surface area contributed by atoms with Crippen LogP contribution in [0.15, 0.2) is 12.1 Å². The number of nitrogens with two attached hydrogens (primary N) is 1. The first kappa shape index (κ1) is 14.8. The molecule has 0 bridgehead atoms. The Morgan fingerprint density at radius 3 is 2.72 bits per heavy atom. The maximum Gasteiger partial charge on any atom is 0.269 e. The molecule has 0 fully saturated rings. The van der Waals surface area contributed by atoms with E-state index in [0.29, 0.717) is 6.04 Å². The Morgan fingerprint density at radius 2 is 2.22 bits per heavy atom. The summed E-state index contributed by atoms with van der Waals surface area (Å²) in [4.78, 5) is 13.0. The van der Waals surface area contributed by atoms with Crippen molar-refractivity contribution in [2.24, 2.45) is 5.73 Å². The number of amides is 1. The lowest BCUT2D eigenvalue weighted by Crippen LogP contribution is -2.30. The summed E-state index contributed by atoms with van der Waals surface area (Å²) >= 11 is 1.93. The molecule has 6 heteroatoms. The molecule has 1 aromatic heterocycles. The zero-order valence-corrected chi connectivity index (χ0v) is 11.9. The van der Waals surface area contributed by atoms with Gasteiger partial charge in [0, 0.05) is 13.1 Å². The first-order chi connectivity index (χ1) is 8.56. The minimum Gasteiger partial charge on any atom is -0.364 e. The number of carbonyl (C=O) groups excluding carboxylic acids is 1. The minimum absolute atomic E-state index is 0.196. The lowest BCUT2D eigenvalue weighted by molar-refractivity contribution is 0.0994. The van der Waals surface area contributed by atoms with Gasteiger partial charge in [0.2, 0.25) is 0 Å². The Bertz CT molecular complexity index is 382. The average Bonchev–Trinajstić information content (AvgIpc) is 2.38. The van der Waals surface area contributed by atoms with Crippen LogP contribution in [-0.2, 0) is 0 Å². The minimum atomic E-state index is -0.552. The van der Waals surface area contributed by atoms with Gasteiger partial charge in [-0.3, -0.25) is 4.79 Å². The number of rotatable bonds is 7. The van der Waals surface area contributed by atoms with Gasteiger partial charge < -0.3 is 10.6 Å². The van der Waals surface area contributed by atoms with Gasteiger partial charge >= 0.3 is 0 Å². The quantitative estimate of drug-likeness (QED) is 0.759. The molecule has 1 aromatic rings. The molecule has 100 valence electrons. The van der Waals surface area contributed by atoms with Crippen molar-refractivity contribution in [3.05, 3.63) is 17.8 Å². The smallest absolute Gasteiger partial charge is 0.269 e. The van der Waals surface area contributed by atoms with Crippen LogP contribution in [-0.4, -0.2) is 40.7 Å². The van der Waals surface area contributed by atoms with E-state index >= 15 is 0 Å². The van der Waals surface area contributed by atoms with Crippen LogP contribution < -0.4 is 10.6 Å². The van der Waals surface area contributed by atoms with Crippen molar-refractivity contribution < 1.29 is 4.79 Å². The van der Waals surface area contributed by atoms with Gasteiger partial charge in [0.05, 0.1) is 0 Å². The number of aromatic nitrogens is 2. The van der Waals surface area contributed by atoms with E-state index in [0.717, 1.165) is 23.7 Å². The van der Waals surface area contributed by atoms with Gasteiger partial charge in [-0.2, -0.15) is 11.8 Å². The van der Waals surface area contributed by atoms with Gasteiger partial charge in [0.1, 0.15) is 0 Å². The Balaban J connectivity index is 2.59. The zero-order valence-electron chi connectivity index (χ0n) is 11.1. The standard InChI is InChI=1S/C12H20N4OS/c1-4-18-8-7-9(2)16(3)11-6-5-10(12(13)17)14-15-11/h5-6,9H,4,7-8H2,1-3H3,(H2,13,17)/t9-/m0/s1.